The van der Waals surface area contributed by atoms with Crippen molar-refractivity contribution in [3.05, 3.63) is 34.9 Å². The fraction of sp³-hybridized carbons (Fsp3) is 0.400. The van der Waals surface area contributed by atoms with Gasteiger partial charge in [0, 0.05) is 23.3 Å². The predicted molar refractivity (Wildman–Crippen MR) is 81.0 cm³/mol. The Morgan fingerprint density at radius 2 is 2.05 bits per heavy atom. The number of aliphatic carboxylic acids is 1. The fourth-order valence-corrected chi connectivity index (χ4v) is 3.41. The highest BCUT2D eigenvalue weighted by Crippen LogP contribution is 2.24. The molecule has 0 aliphatic carbocycles. The summed E-state index contributed by atoms with van der Waals surface area (Å²) in [6.45, 7) is 2.48. The van der Waals surface area contributed by atoms with Crippen molar-refractivity contribution in [1.82, 2.24) is 14.9 Å². The SMILES string of the molecule is O=C(O)C1CCN(Cc2nc(-c3ccncc3)cs2)CC1. The van der Waals surface area contributed by atoms with Crippen LogP contribution in [0.15, 0.2) is 29.9 Å². The molecule has 0 radical (unpaired) electrons. The molecule has 0 aromatic carbocycles. The monoisotopic (exact) mass is 303 g/mol. The summed E-state index contributed by atoms with van der Waals surface area (Å²) in [7, 11) is 0. The standard InChI is InChI=1S/C15H17N3O2S/c19-15(20)12-3-7-18(8-4-12)9-14-17-13(10-21-14)11-1-5-16-6-2-11/h1-2,5-6,10,12H,3-4,7-9H2,(H,19,20). The van der Waals surface area contributed by atoms with Crippen LogP contribution in [-0.2, 0) is 11.3 Å². The zero-order valence-electron chi connectivity index (χ0n) is 11.6. The van der Waals surface area contributed by atoms with Crippen LogP contribution < -0.4 is 0 Å². The number of nitrogens with zero attached hydrogens (tertiary/aromatic N) is 3. The van der Waals surface area contributed by atoms with Crippen molar-refractivity contribution < 1.29 is 9.90 Å². The van der Waals surface area contributed by atoms with Crippen molar-refractivity contribution in [2.24, 2.45) is 5.92 Å². The summed E-state index contributed by atoms with van der Waals surface area (Å²) in [5.41, 5.74) is 2.06. The van der Waals surface area contributed by atoms with Crippen LogP contribution in [0.3, 0.4) is 0 Å². The minimum atomic E-state index is -0.663. The van der Waals surface area contributed by atoms with E-state index < -0.39 is 5.97 Å². The molecular weight excluding hydrogens is 286 g/mol. The Kier molecular flexibility index (Phi) is 4.26. The number of aromatic nitrogens is 2. The van der Waals surface area contributed by atoms with E-state index in [-0.39, 0.29) is 5.92 Å². The fourth-order valence-electron chi connectivity index (χ4n) is 2.57. The Morgan fingerprint density at radius 3 is 2.71 bits per heavy atom. The van der Waals surface area contributed by atoms with Gasteiger partial charge >= 0.3 is 5.97 Å². The molecule has 0 amide bonds. The molecule has 1 aliphatic heterocycles. The van der Waals surface area contributed by atoms with Crippen LogP contribution in [0.5, 0.6) is 0 Å². The molecule has 3 heterocycles. The van der Waals surface area contributed by atoms with Gasteiger partial charge in [0.15, 0.2) is 0 Å². The lowest BCUT2D eigenvalue weighted by molar-refractivity contribution is -0.143. The number of carbonyl (C=O) groups is 1. The van der Waals surface area contributed by atoms with E-state index in [1.807, 2.05) is 12.1 Å². The van der Waals surface area contributed by atoms with Crippen molar-refractivity contribution in [1.29, 1.82) is 0 Å². The molecule has 2 aromatic rings. The molecule has 110 valence electrons. The summed E-state index contributed by atoms with van der Waals surface area (Å²) in [4.78, 5) is 21.9. The lowest BCUT2D eigenvalue weighted by Gasteiger charge is -2.29. The highest BCUT2D eigenvalue weighted by Gasteiger charge is 2.24. The Labute approximate surface area is 127 Å². The maximum absolute atomic E-state index is 10.9. The second-order valence-corrected chi connectivity index (χ2v) is 6.19. The smallest absolute Gasteiger partial charge is 0.306 e. The zero-order valence-corrected chi connectivity index (χ0v) is 12.4. The quantitative estimate of drug-likeness (QED) is 0.940. The average Bonchev–Trinajstić information content (AvgIpc) is 2.97. The third-order valence-corrected chi connectivity index (χ3v) is 4.66. The predicted octanol–water partition coefficient (Wildman–Crippen LogP) is 2.50. The summed E-state index contributed by atoms with van der Waals surface area (Å²) in [6.07, 6.45) is 5.01. The normalized spacial score (nSPS) is 17.0. The molecule has 6 heteroatoms. The van der Waals surface area contributed by atoms with Gasteiger partial charge in [0.1, 0.15) is 5.01 Å². The second-order valence-electron chi connectivity index (χ2n) is 5.25. The van der Waals surface area contributed by atoms with Gasteiger partial charge < -0.3 is 5.11 Å². The van der Waals surface area contributed by atoms with Crippen LogP contribution >= 0.6 is 11.3 Å². The Hall–Kier alpha value is -1.79. The van der Waals surface area contributed by atoms with E-state index in [1.165, 1.54) is 0 Å². The zero-order chi connectivity index (χ0) is 14.7. The van der Waals surface area contributed by atoms with Gasteiger partial charge in [-0.25, -0.2) is 4.98 Å². The van der Waals surface area contributed by atoms with E-state index in [4.69, 9.17) is 5.11 Å². The van der Waals surface area contributed by atoms with E-state index >= 15 is 0 Å². The highest BCUT2D eigenvalue weighted by atomic mass is 32.1. The number of carboxylic acids is 1. The number of thiazole rings is 1. The number of pyridine rings is 1. The van der Waals surface area contributed by atoms with Gasteiger partial charge in [-0.15, -0.1) is 11.3 Å². The number of rotatable bonds is 4. The first kappa shape index (κ1) is 14.2. The summed E-state index contributed by atoms with van der Waals surface area (Å²) in [6, 6.07) is 3.91. The third kappa shape index (κ3) is 3.46. The van der Waals surface area contributed by atoms with E-state index in [0.717, 1.165) is 48.7 Å². The molecule has 1 N–H and O–H groups in total. The van der Waals surface area contributed by atoms with Crippen molar-refractivity contribution in [3.8, 4) is 11.3 Å². The van der Waals surface area contributed by atoms with Gasteiger partial charge in [0.2, 0.25) is 0 Å². The van der Waals surface area contributed by atoms with Gasteiger partial charge in [0.05, 0.1) is 18.2 Å². The molecule has 1 saturated heterocycles. The molecule has 2 aromatic heterocycles. The third-order valence-electron chi connectivity index (χ3n) is 3.82. The van der Waals surface area contributed by atoms with E-state index in [0.29, 0.717) is 0 Å². The van der Waals surface area contributed by atoms with Crippen LogP contribution in [0, 0.1) is 5.92 Å². The van der Waals surface area contributed by atoms with Crippen LogP contribution in [0.25, 0.3) is 11.3 Å². The summed E-state index contributed by atoms with van der Waals surface area (Å²) >= 11 is 1.66. The number of hydrogen-bond donors (Lipinski definition) is 1. The minimum absolute atomic E-state index is 0.176. The number of piperidine rings is 1. The summed E-state index contributed by atoms with van der Waals surface area (Å²) in [5, 5.41) is 12.2. The molecule has 5 nitrogen and oxygen atoms in total. The first-order valence-electron chi connectivity index (χ1n) is 7.02. The van der Waals surface area contributed by atoms with Crippen molar-refractivity contribution in [2.75, 3.05) is 13.1 Å². The Bertz CT molecular complexity index is 606. The van der Waals surface area contributed by atoms with Crippen LogP contribution in [-0.4, -0.2) is 39.0 Å². The van der Waals surface area contributed by atoms with Gasteiger partial charge in [-0.2, -0.15) is 0 Å². The van der Waals surface area contributed by atoms with Gasteiger partial charge in [-0.05, 0) is 38.1 Å². The van der Waals surface area contributed by atoms with E-state index in [2.05, 4.69) is 20.2 Å². The van der Waals surface area contributed by atoms with Gasteiger partial charge in [-0.3, -0.25) is 14.7 Å². The van der Waals surface area contributed by atoms with Crippen molar-refractivity contribution in [2.45, 2.75) is 19.4 Å². The van der Waals surface area contributed by atoms with Gasteiger partial charge in [-0.1, -0.05) is 0 Å². The number of likely N-dealkylation sites (tertiary alicyclic amines) is 1. The number of hydrogen-bond acceptors (Lipinski definition) is 5. The molecule has 0 unspecified atom stereocenters. The summed E-state index contributed by atoms with van der Waals surface area (Å²) in [5.74, 6) is -0.839. The highest BCUT2D eigenvalue weighted by molar-refractivity contribution is 7.09. The van der Waals surface area contributed by atoms with Crippen molar-refractivity contribution in [3.63, 3.8) is 0 Å². The Morgan fingerprint density at radius 1 is 1.33 bits per heavy atom. The molecule has 3 rings (SSSR count). The van der Waals surface area contributed by atoms with Crippen LogP contribution in [0.2, 0.25) is 0 Å². The molecule has 0 bridgehead atoms. The lowest BCUT2D eigenvalue weighted by Crippen LogP contribution is -2.35. The van der Waals surface area contributed by atoms with Crippen molar-refractivity contribution >= 4 is 17.3 Å². The van der Waals surface area contributed by atoms with Crippen LogP contribution in [0.1, 0.15) is 17.8 Å². The maximum atomic E-state index is 10.9. The average molecular weight is 303 g/mol. The summed E-state index contributed by atoms with van der Waals surface area (Å²) < 4.78 is 0. The minimum Gasteiger partial charge on any atom is -0.481 e. The lowest BCUT2D eigenvalue weighted by atomic mass is 9.97. The molecule has 21 heavy (non-hydrogen) atoms. The molecule has 0 atom stereocenters. The molecule has 0 saturated carbocycles. The molecular formula is C15H17N3O2S. The van der Waals surface area contributed by atoms with Crippen LogP contribution in [0.4, 0.5) is 0 Å². The van der Waals surface area contributed by atoms with Gasteiger partial charge in [0.25, 0.3) is 0 Å². The van der Waals surface area contributed by atoms with E-state index in [9.17, 15) is 4.79 Å². The molecule has 1 aliphatic rings. The van der Waals surface area contributed by atoms with E-state index in [1.54, 1.807) is 23.7 Å². The Balaban J connectivity index is 1.60. The first-order chi connectivity index (χ1) is 10.2. The molecule has 1 fully saturated rings. The first-order valence-corrected chi connectivity index (χ1v) is 7.90. The maximum Gasteiger partial charge on any atom is 0.306 e. The topological polar surface area (TPSA) is 66.3 Å². The number of carboxylic acid groups (broad SMARTS) is 1. The largest absolute Gasteiger partial charge is 0.481 e. The molecule has 0 spiro atoms. The second kappa shape index (κ2) is 6.32.